The van der Waals surface area contributed by atoms with E-state index >= 15 is 0 Å². The van der Waals surface area contributed by atoms with Crippen molar-refractivity contribution in [2.75, 3.05) is 0 Å². The van der Waals surface area contributed by atoms with Crippen molar-refractivity contribution in [3.8, 4) is 6.07 Å². The van der Waals surface area contributed by atoms with Crippen LogP contribution in [0.4, 0.5) is 0 Å². The van der Waals surface area contributed by atoms with Crippen molar-refractivity contribution >= 4 is 0 Å². The van der Waals surface area contributed by atoms with E-state index in [1.165, 1.54) is 0 Å². The van der Waals surface area contributed by atoms with Gasteiger partial charge in [0, 0.05) is 5.54 Å². The molecule has 3 heteroatoms. The van der Waals surface area contributed by atoms with Crippen molar-refractivity contribution in [1.82, 2.24) is 5.32 Å². The molecule has 76 valence electrons. The third kappa shape index (κ3) is 3.33. The molecule has 0 aliphatic rings. The van der Waals surface area contributed by atoms with Crippen molar-refractivity contribution in [2.24, 2.45) is 0 Å². The van der Waals surface area contributed by atoms with Gasteiger partial charge in [0.05, 0.1) is 17.7 Å². The van der Waals surface area contributed by atoms with Gasteiger partial charge < -0.3 is 5.11 Å². The molecule has 0 saturated carbocycles. The number of hydrogen-bond acceptors (Lipinski definition) is 3. The quantitative estimate of drug-likeness (QED) is 0.695. The molecule has 0 radical (unpaired) electrons. The Kier molecular flexibility index (Phi) is 3.89. The number of hydrogen-bond donors (Lipinski definition) is 2. The number of rotatable bonds is 4. The van der Waals surface area contributed by atoms with Crippen LogP contribution < -0.4 is 5.32 Å². The molecule has 0 spiro atoms. The van der Waals surface area contributed by atoms with Crippen molar-refractivity contribution in [1.29, 1.82) is 5.26 Å². The summed E-state index contributed by atoms with van der Waals surface area (Å²) in [5.41, 5.74) is -1.29. The van der Waals surface area contributed by atoms with Crippen LogP contribution >= 0.6 is 0 Å². The highest BCUT2D eigenvalue weighted by Gasteiger charge is 2.36. The lowest BCUT2D eigenvalue weighted by Gasteiger charge is -2.39. The summed E-state index contributed by atoms with van der Waals surface area (Å²) in [5.74, 6) is 0. The van der Waals surface area contributed by atoms with Gasteiger partial charge in [-0.25, -0.2) is 0 Å². The second kappa shape index (κ2) is 4.08. The van der Waals surface area contributed by atoms with E-state index < -0.39 is 11.1 Å². The second-order valence-electron chi connectivity index (χ2n) is 4.42. The zero-order valence-electron chi connectivity index (χ0n) is 9.18. The average Bonchev–Trinajstić information content (AvgIpc) is 1.98. The summed E-state index contributed by atoms with van der Waals surface area (Å²) < 4.78 is 0. The van der Waals surface area contributed by atoms with E-state index in [9.17, 15) is 5.11 Å². The van der Waals surface area contributed by atoms with Crippen molar-refractivity contribution in [3.63, 3.8) is 0 Å². The van der Waals surface area contributed by atoms with Crippen LogP contribution in [-0.2, 0) is 0 Å². The van der Waals surface area contributed by atoms with Gasteiger partial charge in [-0.2, -0.15) is 5.26 Å². The van der Waals surface area contributed by atoms with Gasteiger partial charge >= 0.3 is 0 Å². The minimum Gasteiger partial charge on any atom is -0.389 e. The summed E-state index contributed by atoms with van der Waals surface area (Å²) in [4.78, 5) is 0. The van der Waals surface area contributed by atoms with Crippen LogP contribution in [0.2, 0.25) is 0 Å². The summed E-state index contributed by atoms with van der Waals surface area (Å²) in [6, 6.07) is 1.96. The Morgan fingerprint density at radius 1 is 1.38 bits per heavy atom. The first-order valence-electron chi connectivity index (χ1n) is 4.64. The zero-order valence-corrected chi connectivity index (χ0v) is 9.18. The molecule has 0 amide bonds. The third-order valence-electron chi connectivity index (χ3n) is 2.63. The topological polar surface area (TPSA) is 56.0 Å². The highest BCUT2D eigenvalue weighted by molar-refractivity contribution is 5.00. The third-order valence-corrected chi connectivity index (χ3v) is 2.63. The molecule has 1 unspecified atom stereocenters. The number of nitrogens with zero attached hydrogens (tertiary/aromatic N) is 1. The fraction of sp³-hybridized carbons (Fsp3) is 0.900. The van der Waals surface area contributed by atoms with Crippen molar-refractivity contribution in [2.45, 2.75) is 58.2 Å². The monoisotopic (exact) mass is 184 g/mol. The molecule has 0 bridgehead atoms. The van der Waals surface area contributed by atoms with Crippen molar-refractivity contribution < 1.29 is 5.11 Å². The first-order valence-corrected chi connectivity index (χ1v) is 4.64. The van der Waals surface area contributed by atoms with Gasteiger partial charge in [0.2, 0.25) is 0 Å². The lowest BCUT2D eigenvalue weighted by atomic mass is 9.85. The molecule has 3 nitrogen and oxygen atoms in total. The van der Waals surface area contributed by atoms with Gasteiger partial charge in [0.25, 0.3) is 0 Å². The molecule has 2 N–H and O–H groups in total. The molecule has 0 aliphatic heterocycles. The first kappa shape index (κ1) is 12.4. The Morgan fingerprint density at radius 3 is 2.08 bits per heavy atom. The molecule has 0 rings (SSSR count). The zero-order chi connectivity index (χ0) is 10.7. The van der Waals surface area contributed by atoms with Crippen LogP contribution in [-0.4, -0.2) is 22.3 Å². The van der Waals surface area contributed by atoms with E-state index in [1.807, 2.05) is 20.8 Å². The Balaban J connectivity index is 4.43. The maximum atomic E-state index is 9.81. The van der Waals surface area contributed by atoms with E-state index in [0.29, 0.717) is 0 Å². The molecular formula is C10H20N2O. The normalized spacial score (nSPS) is 15.2. The van der Waals surface area contributed by atoms with Crippen LogP contribution in [0.1, 0.15) is 41.0 Å². The van der Waals surface area contributed by atoms with E-state index in [1.54, 1.807) is 13.8 Å². The van der Waals surface area contributed by atoms with Gasteiger partial charge in [-0.1, -0.05) is 6.92 Å². The molecule has 0 aromatic heterocycles. The predicted molar refractivity (Wildman–Crippen MR) is 53.2 cm³/mol. The Morgan fingerprint density at radius 2 is 1.85 bits per heavy atom. The molecule has 13 heavy (non-hydrogen) atoms. The molecule has 0 aliphatic carbocycles. The fourth-order valence-corrected chi connectivity index (χ4v) is 0.838. The molecule has 0 aromatic rings. The maximum absolute atomic E-state index is 9.81. The van der Waals surface area contributed by atoms with Gasteiger partial charge in [0.15, 0.2) is 0 Å². The Labute approximate surface area is 80.8 Å². The number of nitrogens with one attached hydrogen (secondary N) is 1. The predicted octanol–water partition coefficient (Wildman–Crippen LogP) is 1.43. The van der Waals surface area contributed by atoms with E-state index in [4.69, 9.17) is 5.26 Å². The molecule has 1 atom stereocenters. The number of nitriles is 1. The minimum atomic E-state index is -0.836. The second-order valence-corrected chi connectivity index (χ2v) is 4.42. The summed E-state index contributed by atoms with van der Waals surface area (Å²) >= 11 is 0. The van der Waals surface area contributed by atoms with Gasteiger partial charge in [0.1, 0.15) is 0 Å². The largest absolute Gasteiger partial charge is 0.389 e. The van der Waals surface area contributed by atoms with Crippen LogP contribution in [0.15, 0.2) is 0 Å². The number of aliphatic hydroxyl groups is 1. The lowest BCUT2D eigenvalue weighted by Crippen LogP contribution is -2.58. The molecular weight excluding hydrogens is 164 g/mol. The molecule has 0 heterocycles. The van der Waals surface area contributed by atoms with Crippen molar-refractivity contribution in [3.05, 3.63) is 0 Å². The van der Waals surface area contributed by atoms with Crippen LogP contribution in [0, 0.1) is 11.3 Å². The van der Waals surface area contributed by atoms with Crippen LogP contribution in [0.25, 0.3) is 0 Å². The van der Waals surface area contributed by atoms with Crippen LogP contribution in [0.5, 0.6) is 0 Å². The first-order chi connectivity index (χ1) is 5.74. The summed E-state index contributed by atoms with van der Waals surface area (Å²) in [6.45, 7) is 9.22. The standard InChI is InChI=1S/C10H20N2O/c1-6-8(7-11)12-9(2,3)10(4,5)13/h8,12-13H,6H2,1-5H3. The lowest BCUT2D eigenvalue weighted by molar-refractivity contribution is -0.00740. The average molecular weight is 184 g/mol. The van der Waals surface area contributed by atoms with E-state index in [0.717, 1.165) is 6.42 Å². The van der Waals surface area contributed by atoms with Gasteiger partial charge in [-0.3, -0.25) is 5.32 Å². The highest BCUT2D eigenvalue weighted by Crippen LogP contribution is 2.21. The molecule has 0 fully saturated rings. The highest BCUT2D eigenvalue weighted by atomic mass is 16.3. The Hall–Kier alpha value is -0.590. The fourth-order valence-electron chi connectivity index (χ4n) is 0.838. The van der Waals surface area contributed by atoms with Gasteiger partial charge in [-0.15, -0.1) is 0 Å². The maximum Gasteiger partial charge on any atom is 0.0955 e. The van der Waals surface area contributed by atoms with Gasteiger partial charge in [-0.05, 0) is 34.1 Å². The summed E-state index contributed by atoms with van der Waals surface area (Å²) in [5, 5.41) is 21.7. The van der Waals surface area contributed by atoms with E-state index in [2.05, 4.69) is 11.4 Å². The molecule has 0 saturated heterocycles. The summed E-state index contributed by atoms with van der Waals surface area (Å²) in [6.07, 6.45) is 0.746. The van der Waals surface area contributed by atoms with E-state index in [-0.39, 0.29) is 6.04 Å². The molecule has 0 aromatic carbocycles. The SMILES string of the molecule is CCC(C#N)NC(C)(C)C(C)(C)O. The summed E-state index contributed by atoms with van der Waals surface area (Å²) in [7, 11) is 0. The minimum absolute atomic E-state index is 0.193. The Bertz CT molecular complexity index is 198. The smallest absolute Gasteiger partial charge is 0.0955 e. The van der Waals surface area contributed by atoms with Crippen LogP contribution in [0.3, 0.4) is 0 Å².